The van der Waals surface area contributed by atoms with Gasteiger partial charge in [-0.3, -0.25) is 9.59 Å². The summed E-state index contributed by atoms with van der Waals surface area (Å²) in [5.41, 5.74) is 5.38. The summed E-state index contributed by atoms with van der Waals surface area (Å²) in [5, 5.41) is 0.920. The first-order valence-corrected chi connectivity index (χ1v) is 9.75. The maximum absolute atomic E-state index is 12.6. The number of aromatic nitrogens is 1. The number of fused-ring (bicyclic) bond motifs is 1. The number of amides is 1. The second kappa shape index (κ2) is 7.85. The molecule has 0 unspecified atom stereocenters. The van der Waals surface area contributed by atoms with Crippen molar-refractivity contribution in [2.75, 3.05) is 13.1 Å². The average molecular weight is 372 g/mol. The summed E-state index contributed by atoms with van der Waals surface area (Å²) in [7, 11) is 0. The molecule has 1 aliphatic rings. The van der Waals surface area contributed by atoms with Crippen molar-refractivity contribution in [2.45, 2.75) is 26.2 Å². The van der Waals surface area contributed by atoms with Gasteiger partial charge < -0.3 is 9.88 Å². The van der Waals surface area contributed by atoms with Gasteiger partial charge >= 0.3 is 0 Å². The van der Waals surface area contributed by atoms with E-state index in [0.717, 1.165) is 17.3 Å². The van der Waals surface area contributed by atoms with Crippen molar-refractivity contribution < 1.29 is 9.59 Å². The molecule has 0 saturated heterocycles. The highest BCUT2D eigenvalue weighted by atomic mass is 16.2. The van der Waals surface area contributed by atoms with Crippen molar-refractivity contribution in [3.8, 4) is 0 Å². The lowest BCUT2D eigenvalue weighted by Crippen LogP contribution is -2.34. The molecular formula is C24H24N2O2. The number of nitrogens with one attached hydrogen (secondary N) is 1. The molecule has 28 heavy (non-hydrogen) atoms. The highest BCUT2D eigenvalue weighted by Crippen LogP contribution is 2.24. The normalized spacial score (nSPS) is 14.2. The number of benzene rings is 2. The van der Waals surface area contributed by atoms with E-state index in [-0.39, 0.29) is 24.5 Å². The van der Waals surface area contributed by atoms with Crippen LogP contribution < -0.4 is 0 Å². The van der Waals surface area contributed by atoms with Crippen LogP contribution in [0.1, 0.15) is 40.7 Å². The number of rotatable bonds is 5. The minimum Gasteiger partial charge on any atom is -0.360 e. The lowest BCUT2D eigenvalue weighted by Gasteiger charge is -2.26. The van der Waals surface area contributed by atoms with E-state index in [1.807, 2.05) is 29.2 Å². The second-order valence-corrected chi connectivity index (χ2v) is 7.36. The number of nitrogens with zero attached hydrogens (tertiary/aromatic N) is 1. The smallest absolute Gasteiger partial charge is 0.223 e. The first-order chi connectivity index (χ1) is 13.6. The molecule has 3 aromatic rings. The Morgan fingerprint density at radius 3 is 2.57 bits per heavy atom. The molecule has 4 heteroatoms. The SMILES string of the molecule is Cc1ccc(C2=CCN(C(=O)CCC(=O)c3c[nH]c4ccccc34)CC2)cc1. The van der Waals surface area contributed by atoms with Crippen LogP contribution in [0, 0.1) is 6.92 Å². The van der Waals surface area contributed by atoms with Crippen LogP contribution in [-0.2, 0) is 4.79 Å². The summed E-state index contributed by atoms with van der Waals surface area (Å²) in [5.74, 6) is 0.0612. The van der Waals surface area contributed by atoms with Gasteiger partial charge in [0.25, 0.3) is 0 Å². The third-order valence-electron chi connectivity index (χ3n) is 5.44. The number of para-hydroxylation sites is 1. The topological polar surface area (TPSA) is 53.2 Å². The van der Waals surface area contributed by atoms with E-state index in [1.165, 1.54) is 16.7 Å². The van der Waals surface area contributed by atoms with E-state index in [2.05, 4.69) is 42.2 Å². The standard InChI is InChI=1S/C24H24N2O2/c1-17-6-8-18(9-7-17)19-12-14-26(15-13-19)24(28)11-10-23(27)21-16-25-22-5-3-2-4-20(21)22/h2-9,12,16,25H,10-11,13-15H2,1H3. The zero-order valence-electron chi connectivity index (χ0n) is 16.1. The summed E-state index contributed by atoms with van der Waals surface area (Å²) in [6.45, 7) is 3.40. The Hall–Kier alpha value is -3.14. The number of carbonyl (C=O) groups excluding carboxylic acids is 2. The third-order valence-corrected chi connectivity index (χ3v) is 5.44. The summed E-state index contributed by atoms with van der Waals surface area (Å²) in [6.07, 6.45) is 5.23. The van der Waals surface area contributed by atoms with E-state index in [4.69, 9.17) is 0 Å². The molecule has 0 saturated carbocycles. The van der Waals surface area contributed by atoms with E-state index >= 15 is 0 Å². The van der Waals surface area contributed by atoms with Gasteiger partial charge in [0.1, 0.15) is 0 Å². The Morgan fingerprint density at radius 2 is 1.82 bits per heavy atom. The first-order valence-electron chi connectivity index (χ1n) is 9.75. The highest BCUT2D eigenvalue weighted by molar-refractivity contribution is 6.08. The maximum Gasteiger partial charge on any atom is 0.223 e. The third kappa shape index (κ3) is 3.77. The van der Waals surface area contributed by atoms with E-state index in [1.54, 1.807) is 6.20 Å². The molecule has 0 bridgehead atoms. The fourth-order valence-electron chi connectivity index (χ4n) is 3.74. The van der Waals surface area contributed by atoms with Gasteiger partial charge in [-0.1, -0.05) is 54.1 Å². The lowest BCUT2D eigenvalue weighted by molar-refractivity contribution is -0.130. The van der Waals surface area contributed by atoms with Gasteiger partial charge in [-0.05, 0) is 30.5 Å². The number of H-pyrrole nitrogens is 1. The average Bonchev–Trinajstić information content (AvgIpc) is 3.17. The van der Waals surface area contributed by atoms with Crippen LogP contribution in [0.5, 0.6) is 0 Å². The fourth-order valence-corrected chi connectivity index (χ4v) is 3.74. The number of ketones is 1. The first kappa shape index (κ1) is 18.2. The number of hydrogen-bond donors (Lipinski definition) is 1. The van der Waals surface area contributed by atoms with Crippen molar-refractivity contribution in [1.82, 2.24) is 9.88 Å². The molecule has 4 rings (SSSR count). The molecule has 0 radical (unpaired) electrons. The number of carbonyl (C=O) groups is 2. The van der Waals surface area contributed by atoms with Crippen LogP contribution in [-0.4, -0.2) is 34.7 Å². The molecule has 0 aliphatic carbocycles. The Bertz CT molecular complexity index is 1040. The Labute approximate surface area is 164 Å². The van der Waals surface area contributed by atoms with Crippen LogP contribution in [0.2, 0.25) is 0 Å². The molecule has 2 aromatic carbocycles. The summed E-state index contributed by atoms with van der Waals surface area (Å²) < 4.78 is 0. The van der Waals surface area contributed by atoms with Gasteiger partial charge in [-0.25, -0.2) is 0 Å². The predicted molar refractivity (Wildman–Crippen MR) is 112 cm³/mol. The zero-order valence-corrected chi connectivity index (χ0v) is 16.1. The van der Waals surface area contributed by atoms with Crippen LogP contribution in [0.3, 0.4) is 0 Å². The number of aromatic amines is 1. The summed E-state index contributed by atoms with van der Waals surface area (Å²) in [6, 6.07) is 16.2. The molecule has 1 N–H and O–H groups in total. The van der Waals surface area contributed by atoms with Crippen LogP contribution in [0.25, 0.3) is 16.5 Å². The Balaban J connectivity index is 1.34. The predicted octanol–water partition coefficient (Wildman–Crippen LogP) is 4.76. The molecule has 2 heterocycles. The van der Waals surface area contributed by atoms with E-state index < -0.39 is 0 Å². The van der Waals surface area contributed by atoms with Crippen LogP contribution in [0.15, 0.2) is 60.8 Å². The van der Waals surface area contributed by atoms with Gasteiger partial charge in [0, 0.05) is 48.6 Å². The number of hydrogen-bond acceptors (Lipinski definition) is 2. The molecule has 1 aromatic heterocycles. The van der Waals surface area contributed by atoms with Crippen molar-refractivity contribution >= 4 is 28.2 Å². The van der Waals surface area contributed by atoms with E-state index in [9.17, 15) is 9.59 Å². The molecule has 0 atom stereocenters. The largest absolute Gasteiger partial charge is 0.360 e. The van der Waals surface area contributed by atoms with Crippen molar-refractivity contribution in [1.29, 1.82) is 0 Å². The molecule has 4 nitrogen and oxygen atoms in total. The Morgan fingerprint density at radius 1 is 1.04 bits per heavy atom. The van der Waals surface area contributed by atoms with Crippen LogP contribution >= 0.6 is 0 Å². The molecule has 0 spiro atoms. The summed E-state index contributed by atoms with van der Waals surface area (Å²) >= 11 is 0. The van der Waals surface area contributed by atoms with Crippen molar-refractivity contribution in [3.63, 3.8) is 0 Å². The lowest BCUT2D eigenvalue weighted by atomic mass is 9.98. The van der Waals surface area contributed by atoms with Gasteiger partial charge in [0.2, 0.25) is 5.91 Å². The molecule has 1 aliphatic heterocycles. The van der Waals surface area contributed by atoms with Crippen molar-refractivity contribution in [3.05, 3.63) is 77.5 Å². The quantitative estimate of drug-likeness (QED) is 0.657. The molecule has 142 valence electrons. The molecule has 0 fully saturated rings. The molecule has 1 amide bonds. The van der Waals surface area contributed by atoms with Gasteiger partial charge in [0.05, 0.1) is 0 Å². The van der Waals surface area contributed by atoms with Crippen LogP contribution in [0.4, 0.5) is 0 Å². The van der Waals surface area contributed by atoms with E-state index in [0.29, 0.717) is 18.7 Å². The second-order valence-electron chi connectivity index (χ2n) is 7.36. The zero-order chi connectivity index (χ0) is 19.5. The van der Waals surface area contributed by atoms with Crippen molar-refractivity contribution in [2.24, 2.45) is 0 Å². The van der Waals surface area contributed by atoms with Gasteiger partial charge in [-0.15, -0.1) is 0 Å². The minimum atomic E-state index is 0.0127. The summed E-state index contributed by atoms with van der Waals surface area (Å²) in [4.78, 5) is 30.1. The number of Topliss-reactive ketones (excluding diaryl/α,β-unsaturated/α-hetero) is 1. The monoisotopic (exact) mass is 372 g/mol. The minimum absolute atomic E-state index is 0.0127. The Kier molecular flexibility index (Phi) is 5.11. The fraction of sp³-hybridized carbons (Fsp3) is 0.250. The van der Waals surface area contributed by atoms with Gasteiger partial charge in [-0.2, -0.15) is 0 Å². The van der Waals surface area contributed by atoms with Gasteiger partial charge in [0.15, 0.2) is 5.78 Å². The number of aryl methyl sites for hydroxylation is 1. The highest BCUT2D eigenvalue weighted by Gasteiger charge is 2.20. The maximum atomic E-state index is 12.6. The molecular weight excluding hydrogens is 348 g/mol.